The van der Waals surface area contributed by atoms with E-state index in [0.29, 0.717) is 22.7 Å². The fourth-order valence-electron chi connectivity index (χ4n) is 2.39. The molecule has 122 valence electrons. The van der Waals surface area contributed by atoms with Crippen LogP contribution in [0.4, 0.5) is 5.69 Å². The number of methoxy groups -OCH3 is 2. The first kappa shape index (κ1) is 15.7. The van der Waals surface area contributed by atoms with E-state index in [0.717, 1.165) is 5.69 Å². The number of nitrogens with zero attached hydrogens (tertiary/aromatic N) is 1. The Kier molecular flexibility index (Phi) is 4.52. The Labute approximate surface area is 140 Å². The molecule has 0 aliphatic rings. The van der Waals surface area contributed by atoms with E-state index < -0.39 is 0 Å². The Morgan fingerprint density at radius 3 is 2.21 bits per heavy atom. The van der Waals surface area contributed by atoms with Crippen molar-refractivity contribution in [2.45, 2.75) is 0 Å². The average molecular weight is 322 g/mol. The number of benzene rings is 2. The molecule has 2 aromatic carbocycles. The number of hydrogen-bond donors (Lipinski definition) is 1. The van der Waals surface area contributed by atoms with E-state index in [1.54, 1.807) is 32.4 Å². The lowest BCUT2D eigenvalue weighted by molar-refractivity contribution is 0.102. The molecule has 0 atom stereocenters. The first-order valence-electron chi connectivity index (χ1n) is 7.47. The number of rotatable bonds is 5. The number of nitrogens with one attached hydrogen (secondary N) is 1. The molecule has 24 heavy (non-hydrogen) atoms. The first-order chi connectivity index (χ1) is 11.7. The molecule has 0 aliphatic carbocycles. The van der Waals surface area contributed by atoms with Crippen LogP contribution in [0.15, 0.2) is 67.0 Å². The largest absolute Gasteiger partial charge is 0.497 e. The quantitative estimate of drug-likeness (QED) is 0.778. The second-order valence-corrected chi connectivity index (χ2v) is 5.20. The van der Waals surface area contributed by atoms with Gasteiger partial charge >= 0.3 is 0 Å². The van der Waals surface area contributed by atoms with Crippen LogP contribution in [0.5, 0.6) is 11.5 Å². The summed E-state index contributed by atoms with van der Waals surface area (Å²) >= 11 is 0. The van der Waals surface area contributed by atoms with Crippen LogP contribution in [0.1, 0.15) is 10.4 Å². The van der Waals surface area contributed by atoms with Crippen molar-refractivity contribution in [1.29, 1.82) is 0 Å². The molecule has 0 saturated carbocycles. The normalized spacial score (nSPS) is 10.2. The summed E-state index contributed by atoms with van der Waals surface area (Å²) in [4.78, 5) is 12.5. The average Bonchev–Trinajstić information content (AvgIpc) is 3.16. The Balaban J connectivity index is 1.84. The lowest BCUT2D eigenvalue weighted by Crippen LogP contribution is -2.12. The molecule has 3 aromatic rings. The number of anilines is 1. The monoisotopic (exact) mass is 322 g/mol. The van der Waals surface area contributed by atoms with E-state index in [9.17, 15) is 4.79 Å². The Bertz CT molecular complexity index is 819. The van der Waals surface area contributed by atoms with E-state index in [2.05, 4.69) is 5.32 Å². The minimum atomic E-state index is -0.225. The Hall–Kier alpha value is -3.21. The van der Waals surface area contributed by atoms with Gasteiger partial charge in [0.05, 0.1) is 14.2 Å². The highest BCUT2D eigenvalue weighted by Crippen LogP contribution is 2.23. The highest BCUT2D eigenvalue weighted by Gasteiger charge is 2.10. The molecule has 1 N–H and O–H groups in total. The lowest BCUT2D eigenvalue weighted by atomic mass is 10.1. The molecule has 1 amide bonds. The molecule has 1 aromatic heterocycles. The summed E-state index contributed by atoms with van der Waals surface area (Å²) in [5.74, 6) is 0.915. The Morgan fingerprint density at radius 1 is 0.917 bits per heavy atom. The molecular weight excluding hydrogens is 304 g/mol. The third kappa shape index (κ3) is 3.41. The van der Waals surface area contributed by atoms with Crippen molar-refractivity contribution < 1.29 is 14.3 Å². The maximum absolute atomic E-state index is 12.5. The van der Waals surface area contributed by atoms with E-state index >= 15 is 0 Å². The van der Waals surface area contributed by atoms with Gasteiger partial charge in [-0.2, -0.15) is 0 Å². The molecule has 5 heteroatoms. The highest BCUT2D eigenvalue weighted by molar-refractivity contribution is 6.04. The van der Waals surface area contributed by atoms with Gasteiger partial charge in [0.2, 0.25) is 0 Å². The van der Waals surface area contributed by atoms with Gasteiger partial charge in [-0.05, 0) is 42.5 Å². The minimum absolute atomic E-state index is 0.225. The standard InChI is InChI=1S/C19H18N2O3/c1-23-17-10-14(11-18(13-17)24-2)19(22)20-15-6-5-7-16(12-15)21-8-3-4-9-21/h3-13H,1-2H3,(H,20,22). The van der Waals surface area contributed by atoms with Gasteiger partial charge in [-0.3, -0.25) is 4.79 Å². The van der Waals surface area contributed by atoms with Gasteiger partial charge in [0.25, 0.3) is 5.91 Å². The first-order valence-corrected chi connectivity index (χ1v) is 7.47. The summed E-state index contributed by atoms with van der Waals surface area (Å²) in [5.41, 5.74) is 2.16. The van der Waals surface area contributed by atoms with Crippen LogP contribution >= 0.6 is 0 Å². The van der Waals surface area contributed by atoms with Crippen LogP contribution in [0, 0.1) is 0 Å². The second-order valence-electron chi connectivity index (χ2n) is 5.20. The van der Waals surface area contributed by atoms with Crippen molar-refractivity contribution in [2.24, 2.45) is 0 Å². The summed E-state index contributed by atoms with van der Waals surface area (Å²) in [6.07, 6.45) is 3.90. The van der Waals surface area contributed by atoms with Crippen LogP contribution in [0.3, 0.4) is 0 Å². The molecule has 1 heterocycles. The van der Waals surface area contributed by atoms with Gasteiger partial charge in [-0.1, -0.05) is 6.07 Å². The van der Waals surface area contributed by atoms with Crippen LogP contribution in [-0.2, 0) is 0 Å². The zero-order valence-electron chi connectivity index (χ0n) is 13.5. The molecule has 5 nitrogen and oxygen atoms in total. The van der Waals surface area contributed by atoms with Crippen molar-refractivity contribution in [3.8, 4) is 17.2 Å². The van der Waals surface area contributed by atoms with Gasteiger partial charge in [-0.15, -0.1) is 0 Å². The summed E-state index contributed by atoms with van der Waals surface area (Å²) in [7, 11) is 3.11. The van der Waals surface area contributed by atoms with E-state index in [4.69, 9.17) is 9.47 Å². The molecule has 0 saturated heterocycles. The third-order valence-corrected chi connectivity index (χ3v) is 3.62. The smallest absolute Gasteiger partial charge is 0.255 e. The van der Waals surface area contributed by atoms with Crippen molar-refractivity contribution in [2.75, 3.05) is 19.5 Å². The summed E-state index contributed by atoms with van der Waals surface area (Å²) in [6, 6.07) is 16.6. The van der Waals surface area contributed by atoms with Gasteiger partial charge in [0.15, 0.2) is 0 Å². The predicted molar refractivity (Wildman–Crippen MR) is 93.3 cm³/mol. The maximum atomic E-state index is 12.5. The Morgan fingerprint density at radius 2 is 1.58 bits per heavy atom. The number of amides is 1. The molecule has 0 fully saturated rings. The van der Waals surface area contributed by atoms with Crippen molar-refractivity contribution in [1.82, 2.24) is 4.57 Å². The summed E-state index contributed by atoms with van der Waals surface area (Å²) in [6.45, 7) is 0. The van der Waals surface area contributed by atoms with Crippen molar-refractivity contribution >= 4 is 11.6 Å². The zero-order valence-corrected chi connectivity index (χ0v) is 13.5. The topological polar surface area (TPSA) is 52.5 Å². The molecule has 0 unspecified atom stereocenters. The number of aromatic nitrogens is 1. The minimum Gasteiger partial charge on any atom is -0.497 e. The highest BCUT2D eigenvalue weighted by atomic mass is 16.5. The van der Waals surface area contributed by atoms with Crippen molar-refractivity contribution in [3.63, 3.8) is 0 Å². The number of carbonyl (C=O) groups is 1. The molecule has 3 rings (SSSR count). The van der Waals surface area contributed by atoms with Gasteiger partial charge in [0.1, 0.15) is 11.5 Å². The van der Waals surface area contributed by atoms with Gasteiger partial charge in [0, 0.05) is 35.4 Å². The third-order valence-electron chi connectivity index (χ3n) is 3.62. The molecule has 0 spiro atoms. The fourth-order valence-corrected chi connectivity index (χ4v) is 2.39. The number of carbonyl (C=O) groups excluding carboxylic acids is 1. The van der Waals surface area contributed by atoms with Crippen LogP contribution in [0.2, 0.25) is 0 Å². The van der Waals surface area contributed by atoms with Crippen LogP contribution < -0.4 is 14.8 Å². The molecular formula is C19H18N2O3. The van der Waals surface area contributed by atoms with Gasteiger partial charge in [-0.25, -0.2) is 0 Å². The number of ether oxygens (including phenoxy) is 2. The summed E-state index contributed by atoms with van der Waals surface area (Å²) < 4.78 is 12.4. The molecule has 0 bridgehead atoms. The fraction of sp³-hybridized carbons (Fsp3) is 0.105. The van der Waals surface area contributed by atoms with E-state index in [-0.39, 0.29) is 5.91 Å². The lowest BCUT2D eigenvalue weighted by Gasteiger charge is -2.10. The van der Waals surface area contributed by atoms with Crippen LogP contribution in [-0.4, -0.2) is 24.7 Å². The van der Waals surface area contributed by atoms with E-state index in [1.165, 1.54) is 0 Å². The van der Waals surface area contributed by atoms with E-state index in [1.807, 2.05) is 53.4 Å². The maximum Gasteiger partial charge on any atom is 0.255 e. The molecule has 0 aliphatic heterocycles. The van der Waals surface area contributed by atoms with Crippen LogP contribution in [0.25, 0.3) is 5.69 Å². The summed E-state index contributed by atoms with van der Waals surface area (Å²) in [5, 5.41) is 2.90. The SMILES string of the molecule is COc1cc(OC)cc(C(=O)Nc2cccc(-n3cccc3)c2)c1. The second kappa shape index (κ2) is 6.91. The predicted octanol–water partition coefficient (Wildman–Crippen LogP) is 3.75. The van der Waals surface area contributed by atoms with Crippen molar-refractivity contribution in [3.05, 3.63) is 72.6 Å². The molecule has 0 radical (unpaired) electrons. The number of hydrogen-bond acceptors (Lipinski definition) is 3. The van der Waals surface area contributed by atoms with Gasteiger partial charge < -0.3 is 19.4 Å². The zero-order chi connectivity index (χ0) is 16.9.